The lowest BCUT2D eigenvalue weighted by Gasteiger charge is -2.10. The van der Waals surface area contributed by atoms with Gasteiger partial charge < -0.3 is 0 Å². The van der Waals surface area contributed by atoms with E-state index in [-0.39, 0.29) is 11.7 Å². The number of nitrogens with zero attached hydrogens (tertiary/aromatic N) is 5. The maximum Gasteiger partial charge on any atom is 0.250 e. The summed E-state index contributed by atoms with van der Waals surface area (Å²) in [7, 11) is 0. The SMILES string of the molecule is N#Cc1ccc(/C=N/NC(=O)CSc2nnc(-c3ccccc3)n2-c2ccccc2)cc1. The van der Waals surface area contributed by atoms with Gasteiger partial charge in [-0.3, -0.25) is 9.36 Å². The largest absolute Gasteiger partial charge is 0.272 e. The second kappa shape index (κ2) is 10.2. The molecule has 0 radical (unpaired) electrons. The van der Waals surface area contributed by atoms with Gasteiger partial charge in [-0.15, -0.1) is 10.2 Å². The van der Waals surface area contributed by atoms with E-state index in [9.17, 15) is 4.79 Å². The fourth-order valence-corrected chi connectivity index (χ4v) is 3.68. The molecule has 1 aromatic heterocycles. The van der Waals surface area contributed by atoms with Crippen LogP contribution >= 0.6 is 11.8 Å². The zero-order valence-corrected chi connectivity index (χ0v) is 17.7. The third-order valence-corrected chi connectivity index (χ3v) is 5.38. The minimum Gasteiger partial charge on any atom is -0.272 e. The molecule has 0 aliphatic heterocycles. The van der Waals surface area contributed by atoms with Gasteiger partial charge >= 0.3 is 0 Å². The van der Waals surface area contributed by atoms with Crippen molar-refractivity contribution in [3.05, 3.63) is 96.1 Å². The minimum absolute atomic E-state index is 0.129. The molecule has 0 bridgehead atoms. The van der Waals surface area contributed by atoms with Gasteiger partial charge in [-0.05, 0) is 29.8 Å². The van der Waals surface area contributed by atoms with E-state index in [1.54, 1.807) is 24.3 Å². The predicted molar refractivity (Wildman–Crippen MR) is 124 cm³/mol. The Labute approximate surface area is 189 Å². The Morgan fingerprint density at radius 3 is 2.38 bits per heavy atom. The summed E-state index contributed by atoms with van der Waals surface area (Å²) in [5.41, 5.74) is 5.72. The molecule has 0 atom stereocenters. The first-order chi connectivity index (χ1) is 15.7. The highest BCUT2D eigenvalue weighted by atomic mass is 32.2. The lowest BCUT2D eigenvalue weighted by atomic mass is 10.2. The van der Waals surface area contributed by atoms with Crippen LogP contribution in [0.3, 0.4) is 0 Å². The number of rotatable bonds is 7. The summed E-state index contributed by atoms with van der Waals surface area (Å²) in [6.07, 6.45) is 1.53. The molecule has 8 heteroatoms. The van der Waals surface area contributed by atoms with Crippen LogP contribution in [0.5, 0.6) is 0 Å². The van der Waals surface area contributed by atoms with Crippen molar-refractivity contribution < 1.29 is 4.79 Å². The van der Waals surface area contributed by atoms with Gasteiger partial charge in [0.2, 0.25) is 0 Å². The van der Waals surface area contributed by atoms with Crippen molar-refractivity contribution in [2.45, 2.75) is 5.16 Å². The molecule has 0 aliphatic rings. The monoisotopic (exact) mass is 438 g/mol. The fourth-order valence-electron chi connectivity index (χ4n) is 2.93. The summed E-state index contributed by atoms with van der Waals surface area (Å²) >= 11 is 1.28. The number of hydrogen-bond acceptors (Lipinski definition) is 6. The number of aromatic nitrogens is 3. The van der Waals surface area contributed by atoms with Gasteiger partial charge in [0, 0.05) is 11.3 Å². The minimum atomic E-state index is -0.260. The van der Waals surface area contributed by atoms with E-state index in [0.717, 1.165) is 16.8 Å². The highest BCUT2D eigenvalue weighted by Gasteiger charge is 2.16. The first-order valence-corrected chi connectivity index (χ1v) is 10.7. The molecule has 4 rings (SSSR count). The van der Waals surface area contributed by atoms with Crippen LogP contribution in [0.15, 0.2) is 95.2 Å². The third kappa shape index (κ3) is 5.09. The number of carbonyl (C=O) groups excluding carboxylic acids is 1. The summed E-state index contributed by atoms with van der Waals surface area (Å²) in [5, 5.41) is 22.1. The molecule has 3 aromatic carbocycles. The number of thioether (sulfide) groups is 1. The fraction of sp³-hybridized carbons (Fsp3) is 0.0417. The number of carbonyl (C=O) groups is 1. The van der Waals surface area contributed by atoms with E-state index in [1.165, 1.54) is 18.0 Å². The quantitative estimate of drug-likeness (QED) is 0.267. The average molecular weight is 439 g/mol. The van der Waals surface area contributed by atoms with Gasteiger partial charge in [-0.2, -0.15) is 10.4 Å². The van der Waals surface area contributed by atoms with Crippen LogP contribution < -0.4 is 5.43 Å². The summed E-state index contributed by atoms with van der Waals surface area (Å²) < 4.78 is 1.94. The van der Waals surface area contributed by atoms with Crippen LogP contribution in [0.4, 0.5) is 0 Å². The van der Waals surface area contributed by atoms with Crippen LogP contribution in [-0.4, -0.2) is 32.6 Å². The molecular formula is C24H18N6OS. The molecule has 32 heavy (non-hydrogen) atoms. The molecule has 7 nitrogen and oxygen atoms in total. The standard InChI is InChI=1S/C24H18N6OS/c25-15-18-11-13-19(14-12-18)16-26-27-22(31)17-32-24-29-28-23(20-7-3-1-4-8-20)30(24)21-9-5-2-6-10-21/h1-14,16H,17H2,(H,27,31)/b26-16+. The van der Waals surface area contributed by atoms with Crippen molar-refractivity contribution >= 4 is 23.9 Å². The average Bonchev–Trinajstić information content (AvgIpc) is 3.28. The second-order valence-corrected chi connectivity index (χ2v) is 7.60. The van der Waals surface area contributed by atoms with E-state index in [2.05, 4.69) is 26.8 Å². The molecule has 156 valence electrons. The van der Waals surface area contributed by atoms with Gasteiger partial charge in [-0.25, -0.2) is 5.43 Å². The summed E-state index contributed by atoms with van der Waals surface area (Å²) in [6.45, 7) is 0. The lowest BCUT2D eigenvalue weighted by molar-refractivity contribution is -0.118. The maximum atomic E-state index is 12.3. The molecule has 0 spiro atoms. The van der Waals surface area contributed by atoms with Crippen LogP contribution in [-0.2, 0) is 4.79 Å². The molecule has 0 saturated heterocycles. The number of hydrogen-bond donors (Lipinski definition) is 1. The Morgan fingerprint density at radius 2 is 1.69 bits per heavy atom. The highest BCUT2D eigenvalue weighted by Crippen LogP contribution is 2.27. The molecule has 1 heterocycles. The topological polar surface area (TPSA) is 96.0 Å². The van der Waals surface area contributed by atoms with Crippen molar-refractivity contribution in [1.82, 2.24) is 20.2 Å². The molecule has 0 aliphatic carbocycles. The van der Waals surface area contributed by atoms with Gasteiger partial charge in [0.15, 0.2) is 11.0 Å². The Hall–Kier alpha value is -4.22. The highest BCUT2D eigenvalue weighted by molar-refractivity contribution is 7.99. The predicted octanol–water partition coefficient (Wildman–Crippen LogP) is 4.05. The first-order valence-electron chi connectivity index (χ1n) is 9.76. The van der Waals surface area contributed by atoms with E-state index >= 15 is 0 Å². The Bertz CT molecular complexity index is 1260. The smallest absolute Gasteiger partial charge is 0.250 e. The van der Waals surface area contributed by atoms with Crippen molar-refractivity contribution in [1.29, 1.82) is 5.26 Å². The maximum absolute atomic E-state index is 12.3. The normalized spacial score (nSPS) is 10.7. The number of para-hydroxylation sites is 1. The van der Waals surface area contributed by atoms with Crippen molar-refractivity contribution in [2.75, 3.05) is 5.75 Å². The number of benzene rings is 3. The molecular weight excluding hydrogens is 420 g/mol. The Balaban J connectivity index is 1.46. The number of nitriles is 1. The number of nitrogens with one attached hydrogen (secondary N) is 1. The molecule has 0 unspecified atom stereocenters. The van der Waals surface area contributed by atoms with E-state index in [1.807, 2.05) is 65.2 Å². The number of hydrazone groups is 1. The van der Waals surface area contributed by atoms with E-state index < -0.39 is 0 Å². The van der Waals surface area contributed by atoms with E-state index in [4.69, 9.17) is 5.26 Å². The van der Waals surface area contributed by atoms with Crippen LogP contribution in [0.1, 0.15) is 11.1 Å². The van der Waals surface area contributed by atoms with Crippen molar-refractivity contribution in [3.8, 4) is 23.1 Å². The number of amides is 1. The Kier molecular flexibility index (Phi) is 6.70. The summed E-state index contributed by atoms with van der Waals surface area (Å²) in [5.74, 6) is 0.576. The van der Waals surface area contributed by atoms with Gasteiger partial charge in [0.05, 0.1) is 23.6 Å². The van der Waals surface area contributed by atoms with E-state index in [0.29, 0.717) is 16.5 Å². The van der Waals surface area contributed by atoms with Crippen LogP contribution in [0.2, 0.25) is 0 Å². The van der Waals surface area contributed by atoms with Crippen molar-refractivity contribution in [2.24, 2.45) is 5.10 Å². The van der Waals surface area contributed by atoms with Crippen molar-refractivity contribution in [3.63, 3.8) is 0 Å². The summed E-state index contributed by atoms with van der Waals surface area (Å²) in [6, 6.07) is 28.6. The van der Waals surface area contributed by atoms with Gasteiger partial charge in [0.1, 0.15) is 0 Å². The molecule has 0 fully saturated rings. The zero-order valence-electron chi connectivity index (χ0n) is 16.9. The Morgan fingerprint density at radius 1 is 1.00 bits per heavy atom. The van der Waals surface area contributed by atoms with Crippen LogP contribution in [0.25, 0.3) is 17.1 Å². The third-order valence-electron chi connectivity index (χ3n) is 4.45. The summed E-state index contributed by atoms with van der Waals surface area (Å²) in [4.78, 5) is 12.3. The van der Waals surface area contributed by atoms with Gasteiger partial charge in [-0.1, -0.05) is 72.4 Å². The molecule has 0 saturated carbocycles. The van der Waals surface area contributed by atoms with Crippen LogP contribution in [0, 0.1) is 11.3 Å². The molecule has 1 amide bonds. The zero-order chi connectivity index (χ0) is 22.2. The second-order valence-electron chi connectivity index (χ2n) is 6.66. The molecule has 4 aromatic rings. The molecule has 1 N–H and O–H groups in total. The lowest BCUT2D eigenvalue weighted by Crippen LogP contribution is -2.20. The first kappa shape index (κ1) is 21.0. The van der Waals surface area contributed by atoms with Gasteiger partial charge in [0.25, 0.3) is 5.91 Å².